The molecule has 4 rings (SSSR count). The van der Waals surface area contributed by atoms with Crippen LogP contribution in [0.4, 0.5) is 0 Å². The molecule has 9 heteroatoms. The molecule has 4 aromatic rings. The minimum atomic E-state index is 0.454. The Balaban J connectivity index is 1.45. The molecule has 0 saturated heterocycles. The molecule has 2 heterocycles. The minimum Gasteiger partial charge on any atom is -0.497 e. The maximum absolute atomic E-state index is 5.39. The lowest BCUT2D eigenvalue weighted by Crippen LogP contribution is -1.91. The van der Waals surface area contributed by atoms with Crippen LogP contribution < -0.4 is 9.47 Å². The predicted molar refractivity (Wildman–Crippen MR) is 104 cm³/mol. The van der Waals surface area contributed by atoms with E-state index in [0.717, 1.165) is 17.0 Å². The Morgan fingerprint density at radius 2 is 1.89 bits per heavy atom. The summed E-state index contributed by atoms with van der Waals surface area (Å²) < 4.78 is 16.0. The van der Waals surface area contributed by atoms with Crippen LogP contribution >= 0.6 is 11.8 Å². The number of hydrogen-bond acceptors (Lipinski definition) is 8. The second kappa shape index (κ2) is 8.13. The van der Waals surface area contributed by atoms with E-state index in [1.54, 1.807) is 20.3 Å². The van der Waals surface area contributed by atoms with Crippen molar-refractivity contribution in [1.29, 1.82) is 0 Å². The number of benzene rings is 2. The van der Waals surface area contributed by atoms with Gasteiger partial charge in [-0.15, -0.1) is 5.10 Å². The number of nitrogens with one attached hydrogen (secondary N) is 1. The number of ether oxygens (including phenoxy) is 2. The number of H-pyrrole nitrogens is 1. The molecule has 2 aromatic carbocycles. The van der Waals surface area contributed by atoms with Crippen molar-refractivity contribution in [2.45, 2.75) is 10.9 Å². The highest BCUT2D eigenvalue weighted by atomic mass is 32.2. The van der Waals surface area contributed by atoms with E-state index in [1.165, 1.54) is 11.8 Å². The molecule has 142 valence electrons. The summed E-state index contributed by atoms with van der Waals surface area (Å²) in [5.41, 5.74) is 1.71. The van der Waals surface area contributed by atoms with E-state index in [1.807, 2.05) is 42.5 Å². The number of aromatic amines is 1. The molecule has 0 bridgehead atoms. The maximum Gasteiger partial charge on any atom is 0.237 e. The number of rotatable bonds is 7. The third-order valence-corrected chi connectivity index (χ3v) is 4.79. The van der Waals surface area contributed by atoms with Crippen LogP contribution in [0.15, 0.2) is 58.2 Å². The predicted octanol–water partition coefficient (Wildman–Crippen LogP) is 3.83. The third kappa shape index (κ3) is 3.84. The van der Waals surface area contributed by atoms with Gasteiger partial charge in [-0.1, -0.05) is 47.3 Å². The Hall–Kier alpha value is -3.33. The lowest BCUT2D eigenvalue weighted by Gasteiger charge is -2.07. The molecule has 0 aliphatic carbocycles. The molecule has 0 fully saturated rings. The Kier molecular flexibility index (Phi) is 5.24. The highest BCUT2D eigenvalue weighted by Gasteiger charge is 2.15. The Labute approximate surface area is 165 Å². The molecule has 2 aromatic heterocycles. The lowest BCUT2D eigenvalue weighted by molar-refractivity contribution is 0.388. The average molecular weight is 395 g/mol. The molecule has 0 radical (unpaired) electrons. The van der Waals surface area contributed by atoms with Crippen LogP contribution in [0.3, 0.4) is 0 Å². The molecule has 0 aliphatic heterocycles. The van der Waals surface area contributed by atoms with Crippen molar-refractivity contribution in [1.82, 2.24) is 25.3 Å². The Morgan fingerprint density at radius 3 is 2.68 bits per heavy atom. The van der Waals surface area contributed by atoms with Gasteiger partial charge in [-0.3, -0.25) is 5.10 Å². The summed E-state index contributed by atoms with van der Waals surface area (Å²) >= 11 is 1.41. The standard InChI is InChI=1S/C19H17N5O3S/c1-25-13-8-9-14(15(10-13)26-2)18-20-16(27-24-18)11-28-19-21-17(22-23-19)12-6-4-3-5-7-12/h3-10H,11H2,1-2H3,(H,21,22,23). The van der Waals surface area contributed by atoms with Crippen LogP contribution in [-0.4, -0.2) is 39.5 Å². The topological polar surface area (TPSA) is 99.0 Å². The van der Waals surface area contributed by atoms with Crippen LogP contribution in [0.2, 0.25) is 0 Å². The van der Waals surface area contributed by atoms with Gasteiger partial charge in [0.2, 0.25) is 16.9 Å². The SMILES string of the molecule is COc1ccc(-c2noc(CSc3n[nH]c(-c4ccccc4)n3)n2)c(OC)c1. The zero-order valence-electron chi connectivity index (χ0n) is 15.2. The van der Waals surface area contributed by atoms with Crippen molar-refractivity contribution in [2.24, 2.45) is 0 Å². The lowest BCUT2D eigenvalue weighted by atomic mass is 10.2. The molecule has 0 saturated carbocycles. The number of methoxy groups -OCH3 is 2. The first-order valence-electron chi connectivity index (χ1n) is 8.42. The van der Waals surface area contributed by atoms with Gasteiger partial charge in [-0.2, -0.15) is 4.98 Å². The van der Waals surface area contributed by atoms with Crippen molar-refractivity contribution < 1.29 is 14.0 Å². The number of nitrogens with zero attached hydrogens (tertiary/aromatic N) is 4. The van der Waals surface area contributed by atoms with E-state index < -0.39 is 0 Å². The Morgan fingerprint density at radius 1 is 1.04 bits per heavy atom. The second-order valence-corrected chi connectivity index (χ2v) is 6.64. The summed E-state index contributed by atoms with van der Waals surface area (Å²) in [6.45, 7) is 0. The zero-order valence-corrected chi connectivity index (χ0v) is 16.1. The second-order valence-electron chi connectivity index (χ2n) is 5.70. The van der Waals surface area contributed by atoms with E-state index in [-0.39, 0.29) is 0 Å². The molecular weight excluding hydrogens is 378 g/mol. The zero-order chi connectivity index (χ0) is 19.3. The van der Waals surface area contributed by atoms with Gasteiger partial charge in [0.05, 0.1) is 25.5 Å². The van der Waals surface area contributed by atoms with Crippen LogP contribution in [0.25, 0.3) is 22.8 Å². The minimum absolute atomic E-state index is 0.454. The van der Waals surface area contributed by atoms with Gasteiger partial charge in [-0.05, 0) is 12.1 Å². The summed E-state index contributed by atoms with van der Waals surface area (Å²) in [5.74, 6) is 3.41. The molecule has 1 N–H and O–H groups in total. The molecule has 0 spiro atoms. The molecule has 0 unspecified atom stereocenters. The summed E-state index contributed by atoms with van der Waals surface area (Å²) in [4.78, 5) is 8.92. The molecule has 0 aliphatic rings. The van der Waals surface area contributed by atoms with E-state index in [4.69, 9.17) is 14.0 Å². The number of aromatic nitrogens is 5. The summed E-state index contributed by atoms with van der Waals surface area (Å²) in [6, 6.07) is 15.3. The van der Waals surface area contributed by atoms with Gasteiger partial charge in [0.25, 0.3) is 0 Å². The fourth-order valence-electron chi connectivity index (χ4n) is 2.57. The molecule has 0 atom stereocenters. The first kappa shape index (κ1) is 18.1. The Bertz CT molecular complexity index is 1060. The molecule has 28 heavy (non-hydrogen) atoms. The molecular formula is C19H17N5O3S. The van der Waals surface area contributed by atoms with Crippen LogP contribution in [-0.2, 0) is 5.75 Å². The van der Waals surface area contributed by atoms with Crippen molar-refractivity contribution >= 4 is 11.8 Å². The van der Waals surface area contributed by atoms with E-state index in [9.17, 15) is 0 Å². The monoisotopic (exact) mass is 395 g/mol. The van der Waals surface area contributed by atoms with E-state index in [0.29, 0.717) is 34.1 Å². The van der Waals surface area contributed by atoms with Crippen molar-refractivity contribution in [2.75, 3.05) is 14.2 Å². The molecule has 0 amide bonds. The fourth-order valence-corrected chi connectivity index (χ4v) is 3.20. The van der Waals surface area contributed by atoms with Gasteiger partial charge in [0.15, 0.2) is 5.82 Å². The van der Waals surface area contributed by atoms with E-state index >= 15 is 0 Å². The smallest absolute Gasteiger partial charge is 0.237 e. The number of hydrogen-bond donors (Lipinski definition) is 1. The number of thioether (sulfide) groups is 1. The maximum atomic E-state index is 5.39. The van der Waals surface area contributed by atoms with Crippen LogP contribution in [0, 0.1) is 0 Å². The van der Waals surface area contributed by atoms with Crippen molar-refractivity contribution in [3.8, 4) is 34.3 Å². The summed E-state index contributed by atoms with van der Waals surface area (Å²) in [7, 11) is 3.19. The third-order valence-electron chi connectivity index (χ3n) is 3.95. The first-order valence-corrected chi connectivity index (χ1v) is 9.41. The summed E-state index contributed by atoms with van der Waals surface area (Å²) in [5, 5.41) is 11.8. The van der Waals surface area contributed by atoms with Gasteiger partial charge < -0.3 is 14.0 Å². The van der Waals surface area contributed by atoms with Gasteiger partial charge >= 0.3 is 0 Å². The highest BCUT2D eigenvalue weighted by Crippen LogP contribution is 2.32. The normalized spacial score (nSPS) is 10.8. The largest absolute Gasteiger partial charge is 0.497 e. The van der Waals surface area contributed by atoms with Crippen LogP contribution in [0.1, 0.15) is 5.89 Å². The summed E-state index contributed by atoms with van der Waals surface area (Å²) in [6.07, 6.45) is 0. The van der Waals surface area contributed by atoms with Crippen molar-refractivity contribution in [3.63, 3.8) is 0 Å². The van der Waals surface area contributed by atoms with Crippen LogP contribution in [0.5, 0.6) is 11.5 Å². The molecule has 8 nitrogen and oxygen atoms in total. The quantitative estimate of drug-likeness (QED) is 0.471. The fraction of sp³-hybridized carbons (Fsp3) is 0.158. The highest BCUT2D eigenvalue weighted by molar-refractivity contribution is 7.98. The van der Waals surface area contributed by atoms with Crippen molar-refractivity contribution in [3.05, 3.63) is 54.4 Å². The van der Waals surface area contributed by atoms with Gasteiger partial charge in [-0.25, -0.2) is 4.98 Å². The van der Waals surface area contributed by atoms with E-state index in [2.05, 4.69) is 25.3 Å². The van der Waals surface area contributed by atoms with Gasteiger partial charge in [0.1, 0.15) is 11.5 Å². The average Bonchev–Trinajstić information content (AvgIpc) is 3.42. The first-order chi connectivity index (χ1) is 13.8. The van der Waals surface area contributed by atoms with Gasteiger partial charge in [0, 0.05) is 11.6 Å².